The molecule has 0 aliphatic heterocycles. The number of hydrogen-bond donors (Lipinski definition) is 3. The first-order valence-corrected chi connectivity index (χ1v) is 7.80. The number of aromatic amines is 1. The van der Waals surface area contributed by atoms with Gasteiger partial charge in [0, 0.05) is 16.5 Å². The number of nitrogens with zero attached hydrogens (tertiary/aromatic N) is 3. The molecule has 2 aromatic carbocycles. The van der Waals surface area contributed by atoms with E-state index in [9.17, 15) is 4.79 Å². The van der Waals surface area contributed by atoms with Crippen LogP contribution in [0.5, 0.6) is 0 Å². The van der Waals surface area contributed by atoms with Gasteiger partial charge in [0.05, 0.1) is 22.9 Å². The molecule has 0 bridgehead atoms. The third kappa shape index (κ3) is 2.55. The van der Waals surface area contributed by atoms with Crippen LogP contribution >= 0.6 is 0 Å². The molecule has 4 aromatic rings. The van der Waals surface area contributed by atoms with Crippen molar-refractivity contribution >= 4 is 39.1 Å². The van der Waals surface area contributed by atoms with E-state index in [0.717, 1.165) is 27.4 Å². The Morgan fingerprint density at radius 2 is 2.00 bits per heavy atom. The Morgan fingerprint density at radius 1 is 1.16 bits per heavy atom. The molecule has 4 N–H and O–H groups in total. The standard InChI is InChI=1S/C18H16N6O/c1-9-5-10(2)15-14(6-9)23-24-17(16(15)19)18(25)21-12-4-3-11-8-20-22-13(11)7-12/h3-8H,1-2H3,(H2,19,23)(H,20,22)(H,21,25). The molecule has 4 rings (SSSR count). The first kappa shape index (κ1) is 15.1. The van der Waals surface area contributed by atoms with Crippen molar-refractivity contribution in [2.75, 3.05) is 11.1 Å². The van der Waals surface area contributed by atoms with Crippen LogP contribution in [0.3, 0.4) is 0 Å². The summed E-state index contributed by atoms with van der Waals surface area (Å²) in [6, 6.07) is 9.39. The van der Waals surface area contributed by atoms with Gasteiger partial charge >= 0.3 is 0 Å². The van der Waals surface area contributed by atoms with Crippen LogP contribution in [0.4, 0.5) is 11.4 Å². The molecule has 7 heteroatoms. The molecule has 7 nitrogen and oxygen atoms in total. The fraction of sp³-hybridized carbons (Fsp3) is 0.111. The van der Waals surface area contributed by atoms with E-state index < -0.39 is 5.91 Å². The third-order valence-corrected chi connectivity index (χ3v) is 4.16. The fourth-order valence-electron chi connectivity index (χ4n) is 3.02. The molecule has 0 spiro atoms. The molecule has 2 heterocycles. The quantitative estimate of drug-likeness (QED) is 0.523. The summed E-state index contributed by atoms with van der Waals surface area (Å²) >= 11 is 0. The van der Waals surface area contributed by atoms with Crippen molar-refractivity contribution in [3.63, 3.8) is 0 Å². The molecule has 0 fully saturated rings. The number of hydrogen-bond acceptors (Lipinski definition) is 5. The van der Waals surface area contributed by atoms with E-state index in [-0.39, 0.29) is 5.69 Å². The Hall–Kier alpha value is -3.48. The number of fused-ring (bicyclic) bond motifs is 2. The average Bonchev–Trinajstić information content (AvgIpc) is 3.02. The lowest BCUT2D eigenvalue weighted by Crippen LogP contribution is -2.17. The maximum Gasteiger partial charge on any atom is 0.278 e. The first-order valence-electron chi connectivity index (χ1n) is 7.80. The second-order valence-corrected chi connectivity index (χ2v) is 6.06. The van der Waals surface area contributed by atoms with Gasteiger partial charge in [0.1, 0.15) is 0 Å². The van der Waals surface area contributed by atoms with Crippen LogP contribution in [0.2, 0.25) is 0 Å². The van der Waals surface area contributed by atoms with Gasteiger partial charge in [-0.2, -0.15) is 5.10 Å². The number of carbonyl (C=O) groups is 1. The molecular formula is C18H16N6O. The van der Waals surface area contributed by atoms with Crippen molar-refractivity contribution in [2.24, 2.45) is 0 Å². The number of anilines is 2. The van der Waals surface area contributed by atoms with E-state index in [1.165, 1.54) is 0 Å². The van der Waals surface area contributed by atoms with Gasteiger partial charge in [-0.15, -0.1) is 10.2 Å². The topological polar surface area (TPSA) is 110 Å². The SMILES string of the molecule is Cc1cc(C)c2c(N)c(C(=O)Nc3ccc4cn[nH]c4c3)nnc2c1. The minimum atomic E-state index is -0.397. The van der Waals surface area contributed by atoms with E-state index in [0.29, 0.717) is 16.9 Å². The number of amides is 1. The highest BCUT2D eigenvalue weighted by Gasteiger charge is 2.17. The Morgan fingerprint density at radius 3 is 2.84 bits per heavy atom. The largest absolute Gasteiger partial charge is 0.396 e. The lowest BCUT2D eigenvalue weighted by atomic mass is 10.0. The number of aryl methyl sites for hydroxylation is 2. The lowest BCUT2D eigenvalue weighted by Gasteiger charge is -2.10. The Balaban J connectivity index is 1.73. The van der Waals surface area contributed by atoms with Crippen LogP contribution in [0.1, 0.15) is 21.6 Å². The van der Waals surface area contributed by atoms with Gasteiger partial charge in [-0.3, -0.25) is 9.89 Å². The van der Waals surface area contributed by atoms with Gasteiger partial charge in [0.25, 0.3) is 5.91 Å². The number of rotatable bonds is 2. The molecular weight excluding hydrogens is 316 g/mol. The normalized spacial score (nSPS) is 11.1. The summed E-state index contributed by atoms with van der Waals surface area (Å²) in [7, 11) is 0. The summed E-state index contributed by atoms with van der Waals surface area (Å²) < 4.78 is 0. The van der Waals surface area contributed by atoms with Crippen LogP contribution in [0, 0.1) is 13.8 Å². The van der Waals surface area contributed by atoms with E-state index in [2.05, 4.69) is 25.7 Å². The Labute approximate surface area is 143 Å². The lowest BCUT2D eigenvalue weighted by molar-refractivity contribution is 0.102. The highest BCUT2D eigenvalue weighted by atomic mass is 16.1. The molecule has 1 amide bonds. The van der Waals surface area contributed by atoms with E-state index in [4.69, 9.17) is 5.73 Å². The summed E-state index contributed by atoms with van der Waals surface area (Å²) in [6.45, 7) is 3.93. The van der Waals surface area contributed by atoms with Gasteiger partial charge < -0.3 is 11.1 Å². The van der Waals surface area contributed by atoms with Crippen molar-refractivity contribution in [3.05, 3.63) is 53.3 Å². The first-order chi connectivity index (χ1) is 12.0. The number of carbonyl (C=O) groups excluding carboxylic acids is 1. The van der Waals surface area contributed by atoms with Gasteiger partial charge in [-0.25, -0.2) is 0 Å². The summed E-state index contributed by atoms with van der Waals surface area (Å²) in [4.78, 5) is 12.6. The minimum Gasteiger partial charge on any atom is -0.396 e. The number of nitrogens with two attached hydrogens (primary N) is 1. The highest BCUT2D eigenvalue weighted by Crippen LogP contribution is 2.27. The maximum atomic E-state index is 12.6. The molecule has 0 unspecified atom stereocenters. The fourth-order valence-corrected chi connectivity index (χ4v) is 3.02. The van der Waals surface area contributed by atoms with Crippen molar-refractivity contribution in [1.29, 1.82) is 0 Å². The molecule has 124 valence electrons. The molecule has 0 radical (unpaired) electrons. The number of benzene rings is 2. The molecule has 0 atom stereocenters. The smallest absolute Gasteiger partial charge is 0.278 e. The van der Waals surface area contributed by atoms with Gasteiger partial charge in [0.2, 0.25) is 0 Å². The monoisotopic (exact) mass is 332 g/mol. The van der Waals surface area contributed by atoms with E-state index in [1.54, 1.807) is 18.3 Å². The van der Waals surface area contributed by atoms with E-state index >= 15 is 0 Å². The predicted octanol–water partition coefficient (Wildman–Crippen LogP) is 2.96. The summed E-state index contributed by atoms with van der Waals surface area (Å²) in [6.07, 6.45) is 1.72. The van der Waals surface area contributed by atoms with Gasteiger partial charge in [-0.05, 0) is 49.2 Å². The molecule has 0 saturated heterocycles. The van der Waals surface area contributed by atoms with Crippen LogP contribution in [-0.2, 0) is 0 Å². The second kappa shape index (κ2) is 5.55. The zero-order valence-corrected chi connectivity index (χ0v) is 13.8. The summed E-state index contributed by atoms with van der Waals surface area (Å²) in [5, 5.41) is 19.6. The van der Waals surface area contributed by atoms with Crippen molar-refractivity contribution in [1.82, 2.24) is 20.4 Å². The second-order valence-electron chi connectivity index (χ2n) is 6.06. The number of nitrogens with one attached hydrogen (secondary N) is 2. The predicted molar refractivity (Wildman–Crippen MR) is 97.5 cm³/mol. The zero-order valence-electron chi connectivity index (χ0n) is 13.8. The molecule has 2 aromatic heterocycles. The number of aromatic nitrogens is 4. The average molecular weight is 332 g/mol. The Bertz CT molecular complexity index is 1130. The van der Waals surface area contributed by atoms with Crippen LogP contribution < -0.4 is 11.1 Å². The zero-order chi connectivity index (χ0) is 17.6. The molecule has 0 aliphatic carbocycles. The molecule has 25 heavy (non-hydrogen) atoms. The summed E-state index contributed by atoms with van der Waals surface area (Å²) in [5.74, 6) is -0.397. The third-order valence-electron chi connectivity index (χ3n) is 4.16. The van der Waals surface area contributed by atoms with Crippen molar-refractivity contribution < 1.29 is 4.79 Å². The van der Waals surface area contributed by atoms with Crippen LogP contribution in [0.25, 0.3) is 21.8 Å². The van der Waals surface area contributed by atoms with Gasteiger partial charge in [-0.1, -0.05) is 6.07 Å². The summed E-state index contributed by atoms with van der Waals surface area (Å²) in [5.41, 5.74) is 10.9. The van der Waals surface area contributed by atoms with E-state index in [1.807, 2.05) is 32.0 Å². The Kier molecular flexibility index (Phi) is 3.35. The van der Waals surface area contributed by atoms with Gasteiger partial charge in [0.15, 0.2) is 5.69 Å². The molecule has 0 saturated carbocycles. The van der Waals surface area contributed by atoms with Crippen molar-refractivity contribution in [2.45, 2.75) is 13.8 Å². The number of nitrogen functional groups attached to an aromatic ring is 1. The number of H-pyrrole nitrogens is 1. The minimum absolute atomic E-state index is 0.115. The maximum absolute atomic E-state index is 12.6. The van der Waals surface area contributed by atoms with Crippen LogP contribution in [-0.4, -0.2) is 26.3 Å². The van der Waals surface area contributed by atoms with Crippen LogP contribution in [0.15, 0.2) is 36.5 Å². The molecule has 0 aliphatic rings. The highest BCUT2D eigenvalue weighted by molar-refractivity contribution is 6.11. The van der Waals surface area contributed by atoms with Crippen molar-refractivity contribution in [3.8, 4) is 0 Å².